The van der Waals surface area contributed by atoms with Gasteiger partial charge in [-0.1, -0.05) is 0 Å². The number of hydrogen-bond donors (Lipinski definition) is 1. The van der Waals surface area contributed by atoms with E-state index < -0.39 is 0 Å². The standard InChI is InChI=1S/C17H19N9O/c1-23-5-8-26-16(23)12(9-22-26)17(27)25-4-2-3-24(6-7-25)15-13-14(19-10-18-13)20-11-21-15/h5,8-11H,2-4,6-7H2,1H3,(H,18,19,20,21). The number of anilines is 1. The highest BCUT2D eigenvalue weighted by molar-refractivity contribution is 5.99. The molecule has 5 rings (SSSR count). The predicted octanol–water partition coefficient (Wildman–Crippen LogP) is 0.692. The van der Waals surface area contributed by atoms with Crippen molar-refractivity contribution in [3.05, 3.63) is 36.8 Å². The average molecular weight is 365 g/mol. The van der Waals surface area contributed by atoms with Gasteiger partial charge in [-0.3, -0.25) is 4.79 Å². The molecule has 4 aromatic rings. The molecule has 0 aromatic carbocycles. The number of hydrogen-bond acceptors (Lipinski definition) is 6. The molecule has 1 fully saturated rings. The molecule has 5 heterocycles. The van der Waals surface area contributed by atoms with Gasteiger partial charge in [0.2, 0.25) is 0 Å². The summed E-state index contributed by atoms with van der Waals surface area (Å²) in [6.07, 6.45) is 9.42. The van der Waals surface area contributed by atoms with Crippen LogP contribution in [0.1, 0.15) is 16.8 Å². The molecule has 0 atom stereocenters. The Hall–Kier alpha value is -3.43. The van der Waals surface area contributed by atoms with Crippen molar-refractivity contribution in [3.63, 3.8) is 0 Å². The Morgan fingerprint density at radius 2 is 2.04 bits per heavy atom. The number of aryl methyl sites for hydroxylation is 1. The zero-order valence-corrected chi connectivity index (χ0v) is 14.9. The Morgan fingerprint density at radius 3 is 2.96 bits per heavy atom. The van der Waals surface area contributed by atoms with Crippen LogP contribution < -0.4 is 4.90 Å². The maximum atomic E-state index is 13.1. The van der Waals surface area contributed by atoms with Gasteiger partial charge in [0.15, 0.2) is 11.5 Å². The molecule has 1 aliphatic heterocycles. The van der Waals surface area contributed by atoms with Crippen LogP contribution in [-0.2, 0) is 7.05 Å². The maximum Gasteiger partial charge on any atom is 0.259 e. The number of H-pyrrole nitrogens is 1. The minimum absolute atomic E-state index is 0.0167. The number of imidazole rings is 2. The number of carbonyl (C=O) groups excluding carboxylic acids is 1. The van der Waals surface area contributed by atoms with Crippen LogP contribution in [0.2, 0.25) is 0 Å². The quantitative estimate of drug-likeness (QED) is 0.561. The summed E-state index contributed by atoms with van der Waals surface area (Å²) in [7, 11) is 1.92. The van der Waals surface area contributed by atoms with Crippen LogP contribution in [0, 0.1) is 0 Å². The van der Waals surface area contributed by atoms with Gasteiger partial charge >= 0.3 is 0 Å². The Bertz CT molecular complexity index is 1120. The number of nitrogens with zero attached hydrogens (tertiary/aromatic N) is 8. The lowest BCUT2D eigenvalue weighted by Crippen LogP contribution is -2.35. The lowest BCUT2D eigenvalue weighted by Gasteiger charge is -2.22. The van der Waals surface area contributed by atoms with E-state index in [-0.39, 0.29) is 5.91 Å². The number of fused-ring (bicyclic) bond motifs is 2. The number of carbonyl (C=O) groups is 1. The lowest BCUT2D eigenvalue weighted by atomic mass is 10.2. The first-order valence-electron chi connectivity index (χ1n) is 8.89. The van der Waals surface area contributed by atoms with E-state index >= 15 is 0 Å². The molecule has 0 saturated carbocycles. The van der Waals surface area contributed by atoms with Gasteiger partial charge in [0.1, 0.15) is 23.1 Å². The average Bonchev–Trinajstić information content (AvgIpc) is 3.35. The first kappa shape index (κ1) is 15.8. The lowest BCUT2D eigenvalue weighted by molar-refractivity contribution is 0.0768. The fourth-order valence-electron chi connectivity index (χ4n) is 3.70. The molecular formula is C17H19N9O. The van der Waals surface area contributed by atoms with Gasteiger partial charge in [0, 0.05) is 45.6 Å². The summed E-state index contributed by atoms with van der Waals surface area (Å²) in [4.78, 5) is 33.1. The molecule has 0 radical (unpaired) electrons. The van der Waals surface area contributed by atoms with Crippen LogP contribution >= 0.6 is 0 Å². The van der Waals surface area contributed by atoms with Crippen LogP contribution in [0.5, 0.6) is 0 Å². The van der Waals surface area contributed by atoms with Gasteiger partial charge in [-0.2, -0.15) is 5.10 Å². The van der Waals surface area contributed by atoms with E-state index in [9.17, 15) is 4.79 Å². The van der Waals surface area contributed by atoms with Crippen molar-refractivity contribution in [3.8, 4) is 0 Å². The normalized spacial score (nSPS) is 15.6. The van der Waals surface area contributed by atoms with Gasteiger partial charge in [0.05, 0.1) is 12.5 Å². The summed E-state index contributed by atoms with van der Waals surface area (Å²) in [5.74, 6) is 0.852. The van der Waals surface area contributed by atoms with Crippen molar-refractivity contribution < 1.29 is 4.79 Å². The topological polar surface area (TPSA) is 100 Å². The first-order valence-corrected chi connectivity index (χ1v) is 8.89. The fraction of sp³-hybridized carbons (Fsp3) is 0.353. The Kier molecular flexibility index (Phi) is 3.56. The highest BCUT2D eigenvalue weighted by Gasteiger charge is 2.25. The monoisotopic (exact) mass is 365 g/mol. The SMILES string of the molecule is Cn1ccn2ncc(C(=O)N3CCCN(c4ncnc5nc[nH]c45)CC3)c12. The summed E-state index contributed by atoms with van der Waals surface area (Å²) < 4.78 is 3.65. The van der Waals surface area contributed by atoms with E-state index in [1.54, 1.807) is 17.0 Å². The predicted molar refractivity (Wildman–Crippen MR) is 98.6 cm³/mol. The molecule has 1 amide bonds. The second-order valence-electron chi connectivity index (χ2n) is 6.67. The number of amides is 1. The minimum atomic E-state index is 0.0167. The summed E-state index contributed by atoms with van der Waals surface area (Å²) in [5, 5.41) is 4.28. The molecule has 10 nitrogen and oxygen atoms in total. The Balaban J connectivity index is 1.39. The maximum absolute atomic E-state index is 13.1. The van der Waals surface area contributed by atoms with Gasteiger partial charge in [-0.25, -0.2) is 19.5 Å². The first-order chi connectivity index (χ1) is 13.2. The largest absolute Gasteiger partial charge is 0.353 e. The molecule has 27 heavy (non-hydrogen) atoms. The van der Waals surface area contributed by atoms with Gasteiger partial charge in [-0.05, 0) is 6.42 Å². The van der Waals surface area contributed by atoms with Gasteiger partial charge in [-0.15, -0.1) is 0 Å². The summed E-state index contributed by atoms with van der Waals surface area (Å²) in [6, 6.07) is 0. The van der Waals surface area contributed by atoms with E-state index in [4.69, 9.17) is 0 Å². The van der Waals surface area contributed by atoms with Crippen LogP contribution in [0.3, 0.4) is 0 Å². The molecule has 0 unspecified atom stereocenters. The molecule has 1 N–H and O–H groups in total. The van der Waals surface area contributed by atoms with E-state index in [0.717, 1.165) is 29.9 Å². The molecule has 4 aromatic heterocycles. The molecular weight excluding hydrogens is 346 g/mol. The van der Waals surface area contributed by atoms with Crippen molar-refractivity contribution in [2.24, 2.45) is 7.05 Å². The smallest absolute Gasteiger partial charge is 0.259 e. The van der Waals surface area contributed by atoms with Crippen molar-refractivity contribution in [1.82, 2.24) is 39.0 Å². The van der Waals surface area contributed by atoms with Crippen molar-refractivity contribution in [2.45, 2.75) is 6.42 Å². The fourth-order valence-corrected chi connectivity index (χ4v) is 3.70. The highest BCUT2D eigenvalue weighted by Crippen LogP contribution is 2.22. The summed E-state index contributed by atoms with van der Waals surface area (Å²) in [6.45, 7) is 2.85. The third kappa shape index (κ3) is 2.52. The molecule has 10 heteroatoms. The van der Waals surface area contributed by atoms with Gasteiger partial charge in [0.25, 0.3) is 5.91 Å². The Morgan fingerprint density at radius 1 is 1.11 bits per heavy atom. The highest BCUT2D eigenvalue weighted by atomic mass is 16.2. The van der Waals surface area contributed by atoms with E-state index in [0.29, 0.717) is 30.8 Å². The van der Waals surface area contributed by atoms with E-state index in [1.807, 2.05) is 28.9 Å². The number of aromatic amines is 1. The minimum Gasteiger partial charge on any atom is -0.353 e. The third-order valence-corrected chi connectivity index (χ3v) is 5.05. The molecule has 0 bridgehead atoms. The second kappa shape index (κ2) is 6.08. The molecule has 0 aliphatic carbocycles. The zero-order valence-electron chi connectivity index (χ0n) is 14.9. The van der Waals surface area contributed by atoms with Gasteiger partial charge < -0.3 is 19.4 Å². The second-order valence-corrected chi connectivity index (χ2v) is 6.67. The zero-order chi connectivity index (χ0) is 18.4. The van der Waals surface area contributed by atoms with Crippen molar-refractivity contribution in [2.75, 3.05) is 31.1 Å². The van der Waals surface area contributed by atoms with Crippen molar-refractivity contribution >= 4 is 28.5 Å². The summed E-state index contributed by atoms with van der Waals surface area (Å²) in [5.41, 5.74) is 2.94. The number of aromatic nitrogens is 7. The van der Waals surface area contributed by atoms with Crippen LogP contribution in [-0.4, -0.2) is 71.1 Å². The van der Waals surface area contributed by atoms with E-state index in [1.165, 1.54) is 6.33 Å². The Labute approximate surface area is 154 Å². The summed E-state index contributed by atoms with van der Waals surface area (Å²) >= 11 is 0. The number of rotatable bonds is 2. The third-order valence-electron chi connectivity index (χ3n) is 5.05. The number of nitrogens with one attached hydrogen (secondary N) is 1. The van der Waals surface area contributed by atoms with E-state index in [2.05, 4.69) is 29.9 Å². The molecule has 1 saturated heterocycles. The molecule has 0 spiro atoms. The van der Waals surface area contributed by atoms with Crippen molar-refractivity contribution in [1.29, 1.82) is 0 Å². The van der Waals surface area contributed by atoms with Crippen LogP contribution in [0.25, 0.3) is 16.8 Å². The van der Waals surface area contributed by atoms with Crippen LogP contribution in [0.15, 0.2) is 31.2 Å². The molecule has 1 aliphatic rings. The van der Waals surface area contributed by atoms with Crippen LogP contribution in [0.4, 0.5) is 5.82 Å². The molecule has 138 valence electrons.